The van der Waals surface area contributed by atoms with Gasteiger partial charge in [-0.05, 0) is 0 Å². The van der Waals surface area contributed by atoms with Crippen LogP contribution in [0.25, 0.3) is 0 Å². The van der Waals surface area contributed by atoms with Gasteiger partial charge >= 0.3 is 0 Å². The Morgan fingerprint density at radius 1 is 1.29 bits per heavy atom. The maximum Gasteiger partial charge on any atom is 0.241 e. The van der Waals surface area contributed by atoms with E-state index in [-0.39, 0.29) is 5.75 Å². The molecule has 1 rings (SSSR count). The van der Waals surface area contributed by atoms with E-state index in [1.807, 2.05) is 0 Å². The van der Waals surface area contributed by atoms with E-state index in [0.717, 1.165) is 7.11 Å². The van der Waals surface area contributed by atoms with E-state index in [9.17, 15) is 17.2 Å². The van der Waals surface area contributed by atoms with Crippen LogP contribution in [0.2, 0.25) is 0 Å². The Morgan fingerprint density at radius 2 is 1.79 bits per heavy atom. The van der Waals surface area contributed by atoms with E-state index in [2.05, 4.69) is 4.74 Å². The topological polar surface area (TPSA) is 69.4 Å². The molecule has 0 unspecified atom stereocenters. The van der Waals surface area contributed by atoms with Crippen molar-refractivity contribution in [2.45, 2.75) is 4.90 Å². The van der Waals surface area contributed by atoms with Crippen LogP contribution >= 0.6 is 0 Å². The fourth-order valence-electron chi connectivity index (χ4n) is 0.892. The summed E-state index contributed by atoms with van der Waals surface area (Å²) in [7, 11) is -2.99. The Morgan fingerprint density at radius 3 is 2.21 bits per heavy atom. The van der Waals surface area contributed by atoms with Crippen LogP contribution in [0.4, 0.5) is 8.78 Å². The van der Waals surface area contributed by atoms with Gasteiger partial charge in [0.2, 0.25) is 10.0 Å². The molecular formula is C7H7F2NO3S. The van der Waals surface area contributed by atoms with E-state index >= 15 is 0 Å². The van der Waals surface area contributed by atoms with Gasteiger partial charge in [0.1, 0.15) is 10.6 Å². The summed E-state index contributed by atoms with van der Waals surface area (Å²) in [6, 6.07) is 1.10. The van der Waals surface area contributed by atoms with E-state index in [1.54, 1.807) is 0 Å². The molecule has 1 aromatic rings. The van der Waals surface area contributed by atoms with Crippen molar-refractivity contribution in [3.63, 3.8) is 0 Å². The highest BCUT2D eigenvalue weighted by molar-refractivity contribution is 7.89. The molecule has 0 radical (unpaired) electrons. The monoisotopic (exact) mass is 223 g/mol. The van der Waals surface area contributed by atoms with Gasteiger partial charge < -0.3 is 4.74 Å². The standard InChI is InChI=1S/C7H7F2NO3S/c1-13-6-2-4(8)5(9)3-7(6)14(10,11)12/h2-3H,1H3,(H2,10,11,12). The van der Waals surface area contributed by atoms with Gasteiger partial charge in [-0.1, -0.05) is 0 Å². The molecule has 0 aliphatic carbocycles. The molecule has 0 saturated heterocycles. The molecule has 0 atom stereocenters. The Bertz CT molecular complexity index is 458. The van der Waals surface area contributed by atoms with E-state index in [4.69, 9.17) is 5.14 Å². The van der Waals surface area contributed by atoms with E-state index in [1.165, 1.54) is 0 Å². The minimum atomic E-state index is -4.12. The number of methoxy groups -OCH3 is 1. The summed E-state index contributed by atoms with van der Waals surface area (Å²) in [5.74, 6) is -2.82. The highest BCUT2D eigenvalue weighted by atomic mass is 32.2. The quantitative estimate of drug-likeness (QED) is 0.799. The van der Waals surface area contributed by atoms with Crippen LogP contribution in [0.5, 0.6) is 5.75 Å². The van der Waals surface area contributed by atoms with E-state index in [0.29, 0.717) is 12.1 Å². The molecular weight excluding hydrogens is 216 g/mol. The van der Waals surface area contributed by atoms with Crippen molar-refractivity contribution in [1.29, 1.82) is 0 Å². The molecule has 0 aromatic heterocycles. The lowest BCUT2D eigenvalue weighted by Crippen LogP contribution is -2.14. The fourth-order valence-corrected chi connectivity index (χ4v) is 1.58. The number of nitrogens with two attached hydrogens (primary N) is 1. The first-order chi connectivity index (χ1) is 6.36. The van der Waals surface area contributed by atoms with Crippen LogP contribution in [0.3, 0.4) is 0 Å². The first kappa shape index (κ1) is 10.9. The van der Waals surface area contributed by atoms with Crippen molar-refractivity contribution in [3.8, 4) is 5.75 Å². The molecule has 0 bridgehead atoms. The van der Waals surface area contributed by atoms with Crippen LogP contribution in [0, 0.1) is 11.6 Å². The van der Waals surface area contributed by atoms with Crippen LogP contribution in [0.1, 0.15) is 0 Å². The van der Waals surface area contributed by atoms with Gasteiger partial charge in [0.15, 0.2) is 11.6 Å². The van der Waals surface area contributed by atoms with Gasteiger partial charge in [-0.15, -0.1) is 0 Å². The van der Waals surface area contributed by atoms with Gasteiger partial charge in [-0.2, -0.15) is 0 Å². The number of sulfonamides is 1. The molecule has 78 valence electrons. The van der Waals surface area contributed by atoms with Crippen LogP contribution in [-0.4, -0.2) is 15.5 Å². The van der Waals surface area contributed by atoms with Crippen molar-refractivity contribution in [2.24, 2.45) is 5.14 Å². The molecule has 0 saturated carbocycles. The maximum absolute atomic E-state index is 12.7. The van der Waals surface area contributed by atoms with Gasteiger partial charge in [-0.3, -0.25) is 0 Å². The van der Waals surface area contributed by atoms with Crippen molar-refractivity contribution in [2.75, 3.05) is 7.11 Å². The Kier molecular flexibility index (Phi) is 2.72. The number of rotatable bonds is 2. The summed E-state index contributed by atoms with van der Waals surface area (Å²) < 4.78 is 51.6. The SMILES string of the molecule is COc1cc(F)c(F)cc1S(N)(=O)=O. The number of hydrogen-bond donors (Lipinski definition) is 1. The molecule has 1 aromatic carbocycles. The Hall–Kier alpha value is -1.21. The second kappa shape index (κ2) is 3.50. The van der Waals surface area contributed by atoms with Crippen LogP contribution in [0.15, 0.2) is 17.0 Å². The molecule has 7 heteroatoms. The molecule has 2 N–H and O–H groups in total. The van der Waals surface area contributed by atoms with Gasteiger partial charge in [0.05, 0.1) is 7.11 Å². The minimum absolute atomic E-state index is 0.327. The minimum Gasteiger partial charge on any atom is -0.495 e. The molecule has 14 heavy (non-hydrogen) atoms. The largest absolute Gasteiger partial charge is 0.495 e. The number of benzene rings is 1. The highest BCUT2D eigenvalue weighted by Gasteiger charge is 2.18. The van der Waals surface area contributed by atoms with Crippen molar-refractivity contribution >= 4 is 10.0 Å². The predicted molar refractivity (Wildman–Crippen MR) is 44.3 cm³/mol. The average Bonchev–Trinajstić information content (AvgIpc) is 2.07. The van der Waals surface area contributed by atoms with Gasteiger partial charge in [-0.25, -0.2) is 22.3 Å². The zero-order valence-electron chi connectivity index (χ0n) is 7.12. The third kappa shape index (κ3) is 1.99. The Balaban J connectivity index is 3.51. The first-order valence-electron chi connectivity index (χ1n) is 3.42. The lowest BCUT2D eigenvalue weighted by molar-refractivity contribution is 0.393. The lowest BCUT2D eigenvalue weighted by Gasteiger charge is -2.06. The third-order valence-electron chi connectivity index (χ3n) is 1.51. The summed E-state index contributed by atoms with van der Waals surface area (Å²) in [5, 5.41) is 4.76. The molecule has 0 aliphatic rings. The predicted octanol–water partition coefficient (Wildman–Crippen LogP) is 0.621. The number of primary sulfonamides is 1. The van der Waals surface area contributed by atoms with Crippen molar-refractivity contribution in [3.05, 3.63) is 23.8 Å². The first-order valence-corrected chi connectivity index (χ1v) is 4.96. The lowest BCUT2D eigenvalue weighted by atomic mass is 10.3. The molecule has 0 amide bonds. The van der Waals surface area contributed by atoms with Gasteiger partial charge in [0, 0.05) is 12.1 Å². The molecule has 0 fully saturated rings. The second-order valence-electron chi connectivity index (χ2n) is 2.46. The normalized spacial score (nSPS) is 11.4. The van der Waals surface area contributed by atoms with Crippen molar-refractivity contribution in [1.82, 2.24) is 0 Å². The zero-order valence-corrected chi connectivity index (χ0v) is 7.94. The summed E-state index contributed by atoms with van der Waals surface area (Å²) in [6.45, 7) is 0. The Labute approximate surface area is 79.3 Å². The van der Waals surface area contributed by atoms with Crippen LogP contribution < -0.4 is 9.88 Å². The number of ether oxygens (including phenoxy) is 1. The molecule has 0 aliphatic heterocycles. The molecule has 4 nitrogen and oxygen atoms in total. The number of hydrogen-bond acceptors (Lipinski definition) is 3. The second-order valence-corrected chi connectivity index (χ2v) is 3.99. The fraction of sp³-hybridized carbons (Fsp3) is 0.143. The van der Waals surface area contributed by atoms with Gasteiger partial charge in [0.25, 0.3) is 0 Å². The highest BCUT2D eigenvalue weighted by Crippen LogP contribution is 2.25. The van der Waals surface area contributed by atoms with Crippen LogP contribution in [-0.2, 0) is 10.0 Å². The smallest absolute Gasteiger partial charge is 0.241 e. The van der Waals surface area contributed by atoms with E-state index < -0.39 is 26.6 Å². The molecule has 0 spiro atoms. The zero-order chi connectivity index (χ0) is 10.9. The maximum atomic E-state index is 12.7. The third-order valence-corrected chi connectivity index (χ3v) is 2.45. The number of halogens is 2. The molecule has 0 heterocycles. The van der Waals surface area contributed by atoms with Crippen molar-refractivity contribution < 1.29 is 21.9 Å². The average molecular weight is 223 g/mol. The summed E-state index contributed by atoms with van der Waals surface area (Å²) in [6.07, 6.45) is 0. The summed E-state index contributed by atoms with van der Waals surface area (Å²) in [5.41, 5.74) is 0. The summed E-state index contributed by atoms with van der Waals surface area (Å²) >= 11 is 0. The summed E-state index contributed by atoms with van der Waals surface area (Å²) in [4.78, 5) is -0.584.